The van der Waals surface area contributed by atoms with Gasteiger partial charge >= 0.3 is 18.2 Å². The minimum atomic E-state index is -4.87. The molecule has 1 amide bonds. The van der Waals surface area contributed by atoms with E-state index >= 15 is 0 Å². The van der Waals surface area contributed by atoms with E-state index in [0.717, 1.165) is 0 Å². The lowest BCUT2D eigenvalue weighted by Crippen LogP contribution is -2.42. The zero-order valence-corrected chi connectivity index (χ0v) is 19.4. The summed E-state index contributed by atoms with van der Waals surface area (Å²) in [6, 6.07) is -0.00574. The molecular weight excluding hydrogens is 505 g/mol. The highest BCUT2D eigenvalue weighted by atomic mass is 19.4. The number of nitrogens with one attached hydrogen (secondary N) is 1. The fourth-order valence-corrected chi connectivity index (χ4v) is 4.32. The summed E-state index contributed by atoms with van der Waals surface area (Å²) in [4.78, 5) is 26.3. The normalized spacial score (nSPS) is 25.1. The lowest BCUT2D eigenvalue weighted by Gasteiger charge is -2.31. The van der Waals surface area contributed by atoms with Crippen LogP contribution in [0.5, 0.6) is 0 Å². The molecule has 2 aliphatic heterocycles. The van der Waals surface area contributed by atoms with Crippen molar-refractivity contribution in [2.75, 3.05) is 25.0 Å². The van der Waals surface area contributed by atoms with Crippen LogP contribution in [0.4, 0.5) is 23.8 Å². The Morgan fingerprint density at radius 2 is 1.95 bits per heavy atom. The molecule has 0 radical (unpaired) electrons. The van der Waals surface area contributed by atoms with Crippen molar-refractivity contribution in [2.45, 2.75) is 56.5 Å². The van der Waals surface area contributed by atoms with Gasteiger partial charge < -0.3 is 34.3 Å². The SMILES string of the molecule is CCOC(=O)N1CCC(Nc2ncnc3c2ncn3[C@@H]2O[C@H](c3nnc(C(F)(F)F)o3)[C@@H](O)[C@H]2O)CC1. The summed E-state index contributed by atoms with van der Waals surface area (Å²) in [6.07, 6.45) is -7.34. The number of ether oxygens (including phenoxy) is 2. The van der Waals surface area contributed by atoms with Crippen LogP contribution in [0.15, 0.2) is 17.1 Å². The fraction of sp³-hybridized carbons (Fsp3) is 0.600. The van der Waals surface area contributed by atoms with Gasteiger partial charge in [-0.25, -0.2) is 19.7 Å². The van der Waals surface area contributed by atoms with Crippen LogP contribution in [-0.2, 0) is 15.7 Å². The summed E-state index contributed by atoms with van der Waals surface area (Å²) in [5, 5.41) is 30.5. The standard InChI is InChI=1S/C20H23F3N8O6/c1-2-35-19(34)30-5-3-9(4-6-30)27-14-10-15(25-7-24-14)31(8-26-10)17-12(33)11(32)13(36-17)16-28-29-18(37-16)20(21,22)23/h7-9,11-13,17,32-33H,2-6H2,1H3,(H,24,25,27)/t11-,12+,13-,17+/m0/s1. The highest BCUT2D eigenvalue weighted by Gasteiger charge is 2.49. The molecule has 2 fully saturated rings. The first-order valence-electron chi connectivity index (χ1n) is 11.4. The third-order valence-electron chi connectivity index (χ3n) is 6.16. The molecule has 17 heteroatoms. The molecule has 2 aliphatic rings. The van der Waals surface area contributed by atoms with E-state index in [9.17, 15) is 28.2 Å². The molecule has 5 heterocycles. The Labute approximate surface area is 206 Å². The number of imidazole rings is 1. The number of fused-ring (bicyclic) bond motifs is 1. The highest BCUT2D eigenvalue weighted by molar-refractivity contribution is 5.82. The Morgan fingerprint density at radius 1 is 1.19 bits per heavy atom. The number of nitrogens with zero attached hydrogens (tertiary/aromatic N) is 7. The van der Waals surface area contributed by atoms with E-state index < -0.39 is 42.5 Å². The number of carbonyl (C=O) groups excluding carboxylic acids is 1. The van der Waals surface area contributed by atoms with Crippen molar-refractivity contribution in [3.63, 3.8) is 0 Å². The van der Waals surface area contributed by atoms with Gasteiger partial charge in [-0.1, -0.05) is 0 Å². The number of aliphatic hydroxyl groups is 2. The van der Waals surface area contributed by atoms with Gasteiger partial charge in [-0.2, -0.15) is 13.2 Å². The second-order valence-corrected chi connectivity index (χ2v) is 8.52. The van der Waals surface area contributed by atoms with Crippen molar-refractivity contribution in [3.8, 4) is 0 Å². The second kappa shape index (κ2) is 9.71. The maximum atomic E-state index is 12.8. The number of halogens is 3. The van der Waals surface area contributed by atoms with Gasteiger partial charge in [0.25, 0.3) is 0 Å². The zero-order valence-electron chi connectivity index (χ0n) is 19.4. The van der Waals surface area contributed by atoms with Crippen LogP contribution in [-0.4, -0.2) is 88.9 Å². The number of hydrogen-bond acceptors (Lipinski definition) is 12. The van der Waals surface area contributed by atoms with Gasteiger partial charge in [-0.15, -0.1) is 10.2 Å². The number of piperidine rings is 1. The van der Waals surface area contributed by atoms with Gasteiger partial charge in [0.15, 0.2) is 29.3 Å². The Morgan fingerprint density at radius 3 is 2.62 bits per heavy atom. The van der Waals surface area contributed by atoms with Crippen LogP contribution in [0, 0.1) is 0 Å². The van der Waals surface area contributed by atoms with Gasteiger partial charge in [-0.05, 0) is 19.8 Å². The van der Waals surface area contributed by atoms with E-state index in [4.69, 9.17) is 9.47 Å². The lowest BCUT2D eigenvalue weighted by atomic mass is 10.1. The Kier molecular flexibility index (Phi) is 6.59. The predicted molar refractivity (Wildman–Crippen MR) is 115 cm³/mol. The molecule has 200 valence electrons. The maximum absolute atomic E-state index is 12.8. The molecule has 4 atom stereocenters. The van der Waals surface area contributed by atoms with Crippen molar-refractivity contribution in [2.24, 2.45) is 0 Å². The van der Waals surface area contributed by atoms with E-state index in [1.54, 1.807) is 11.8 Å². The van der Waals surface area contributed by atoms with E-state index in [1.807, 2.05) is 0 Å². The number of amides is 1. The summed E-state index contributed by atoms with van der Waals surface area (Å²) in [7, 11) is 0. The Hall–Kier alpha value is -3.57. The minimum absolute atomic E-state index is 0.00574. The molecule has 0 aliphatic carbocycles. The van der Waals surface area contributed by atoms with Crippen molar-refractivity contribution in [3.05, 3.63) is 24.4 Å². The number of hydrogen-bond donors (Lipinski definition) is 3. The van der Waals surface area contributed by atoms with Crippen LogP contribution in [0.3, 0.4) is 0 Å². The summed E-state index contributed by atoms with van der Waals surface area (Å²) in [5.41, 5.74) is 0.598. The average molecular weight is 528 g/mol. The third-order valence-corrected chi connectivity index (χ3v) is 6.16. The number of rotatable bonds is 5. The molecule has 3 aromatic rings. The summed E-state index contributed by atoms with van der Waals surface area (Å²) in [5.74, 6) is -1.81. The molecule has 0 saturated carbocycles. The Bertz CT molecular complexity index is 1260. The number of carbonyl (C=O) groups is 1. The van der Waals surface area contributed by atoms with Crippen LogP contribution in [0.25, 0.3) is 11.2 Å². The van der Waals surface area contributed by atoms with Crippen LogP contribution in [0.1, 0.15) is 43.9 Å². The van der Waals surface area contributed by atoms with Gasteiger partial charge in [0.1, 0.15) is 18.5 Å². The smallest absolute Gasteiger partial charge is 0.450 e. The fourth-order valence-electron chi connectivity index (χ4n) is 4.32. The number of aromatic nitrogens is 6. The maximum Gasteiger partial charge on any atom is 0.470 e. The van der Waals surface area contributed by atoms with E-state index in [1.165, 1.54) is 17.2 Å². The highest BCUT2D eigenvalue weighted by Crippen LogP contribution is 2.40. The third kappa shape index (κ3) is 4.76. The molecule has 14 nitrogen and oxygen atoms in total. The minimum Gasteiger partial charge on any atom is -0.450 e. The molecular formula is C20H23F3N8O6. The van der Waals surface area contributed by atoms with Crippen molar-refractivity contribution < 1.29 is 42.1 Å². The van der Waals surface area contributed by atoms with E-state index in [2.05, 4.69) is 34.9 Å². The first-order chi connectivity index (χ1) is 17.7. The monoisotopic (exact) mass is 528 g/mol. The van der Waals surface area contributed by atoms with E-state index in [0.29, 0.717) is 43.9 Å². The first-order valence-corrected chi connectivity index (χ1v) is 11.4. The summed E-state index contributed by atoms with van der Waals surface area (Å²) >= 11 is 0. The molecule has 0 unspecified atom stereocenters. The zero-order chi connectivity index (χ0) is 26.3. The van der Waals surface area contributed by atoms with Crippen molar-refractivity contribution in [1.82, 2.24) is 34.6 Å². The van der Waals surface area contributed by atoms with Crippen LogP contribution < -0.4 is 5.32 Å². The molecule has 3 N–H and O–H groups in total. The molecule has 37 heavy (non-hydrogen) atoms. The molecule has 0 aromatic carbocycles. The van der Waals surface area contributed by atoms with E-state index in [-0.39, 0.29) is 17.8 Å². The number of anilines is 1. The molecule has 0 bridgehead atoms. The van der Waals surface area contributed by atoms with Gasteiger partial charge in [0.05, 0.1) is 12.9 Å². The van der Waals surface area contributed by atoms with Gasteiger partial charge in [0, 0.05) is 19.1 Å². The van der Waals surface area contributed by atoms with Gasteiger partial charge in [-0.3, -0.25) is 4.57 Å². The van der Waals surface area contributed by atoms with Crippen molar-refractivity contribution in [1.29, 1.82) is 0 Å². The quantitative estimate of drug-likeness (QED) is 0.433. The number of alkyl halides is 3. The largest absolute Gasteiger partial charge is 0.470 e. The topological polar surface area (TPSA) is 174 Å². The average Bonchev–Trinajstić information content (AvgIpc) is 3.59. The summed E-state index contributed by atoms with van der Waals surface area (Å²) < 4.78 is 55.1. The van der Waals surface area contributed by atoms with Crippen LogP contribution >= 0.6 is 0 Å². The number of aliphatic hydroxyl groups excluding tert-OH is 2. The van der Waals surface area contributed by atoms with Gasteiger partial charge in [0.2, 0.25) is 5.89 Å². The molecule has 5 rings (SSSR count). The molecule has 3 aromatic heterocycles. The predicted octanol–water partition coefficient (Wildman–Crippen LogP) is 1.25. The lowest BCUT2D eigenvalue weighted by molar-refractivity contribution is -0.158. The number of likely N-dealkylation sites (tertiary alicyclic amines) is 1. The van der Waals surface area contributed by atoms with Crippen LogP contribution in [0.2, 0.25) is 0 Å². The molecule has 2 saturated heterocycles. The Balaban J connectivity index is 1.32. The first kappa shape index (κ1) is 25.1. The second-order valence-electron chi connectivity index (χ2n) is 8.52. The molecule has 0 spiro atoms. The van der Waals surface area contributed by atoms with Crippen molar-refractivity contribution >= 4 is 23.1 Å². The summed E-state index contributed by atoms with van der Waals surface area (Å²) in [6.45, 7) is 3.06.